The van der Waals surface area contributed by atoms with E-state index in [1.807, 2.05) is 36.4 Å². The van der Waals surface area contributed by atoms with Gasteiger partial charge in [-0.15, -0.1) is 12.4 Å². The first-order valence-electron chi connectivity index (χ1n) is 12.8. The summed E-state index contributed by atoms with van der Waals surface area (Å²) in [4.78, 5) is 13.3. The van der Waals surface area contributed by atoms with E-state index in [1.54, 1.807) is 6.07 Å². The van der Waals surface area contributed by atoms with Crippen molar-refractivity contribution in [3.8, 4) is 11.5 Å². The summed E-state index contributed by atoms with van der Waals surface area (Å²) in [5.74, 6) is 1.27. The van der Waals surface area contributed by atoms with Gasteiger partial charge in [0.1, 0.15) is 11.6 Å². The molecule has 3 fully saturated rings. The van der Waals surface area contributed by atoms with Crippen molar-refractivity contribution >= 4 is 18.2 Å². The Bertz CT molecular complexity index is 1170. The van der Waals surface area contributed by atoms with Crippen LogP contribution in [0.2, 0.25) is 0 Å². The normalized spacial score (nSPS) is 36.2. The van der Waals surface area contributed by atoms with Crippen LogP contribution >= 0.6 is 12.4 Å². The lowest BCUT2D eigenvalue weighted by Gasteiger charge is -2.68. The van der Waals surface area contributed by atoms with Gasteiger partial charge >= 0.3 is 0 Å². The lowest BCUT2D eigenvalue weighted by atomic mass is 9.48. The number of ether oxygens (including phenoxy) is 2. The highest BCUT2D eigenvalue weighted by molar-refractivity contribution is 5.90. The van der Waals surface area contributed by atoms with Gasteiger partial charge in [-0.05, 0) is 48.8 Å². The first-order valence-corrected chi connectivity index (χ1v) is 12.8. The van der Waals surface area contributed by atoms with Gasteiger partial charge in [-0.3, -0.25) is 4.79 Å². The number of phenolic OH excluding ortho intramolecular Hbond substituents is 1. The van der Waals surface area contributed by atoms with Crippen LogP contribution < -0.4 is 4.74 Å². The van der Waals surface area contributed by atoms with Gasteiger partial charge in [0.05, 0.1) is 25.1 Å². The maximum Gasteiger partial charge on any atom is 0.174 e. The zero-order valence-electron chi connectivity index (χ0n) is 19.8. The molecule has 2 aromatic rings. The molecule has 0 aromatic heterocycles. The van der Waals surface area contributed by atoms with E-state index in [1.165, 1.54) is 12.8 Å². The lowest BCUT2D eigenvalue weighted by molar-refractivity contribution is -0.923. The highest BCUT2D eigenvalue weighted by Crippen LogP contribution is 2.67. The van der Waals surface area contributed by atoms with Gasteiger partial charge in [-0.1, -0.05) is 36.4 Å². The molecule has 1 unspecified atom stereocenters. The van der Waals surface area contributed by atoms with E-state index in [2.05, 4.69) is 0 Å². The number of Topliss-reactive ketones (excluding diaryl/α,β-unsaturated/α-hetero) is 1. The van der Waals surface area contributed by atoms with Gasteiger partial charge in [-0.2, -0.15) is 0 Å². The van der Waals surface area contributed by atoms with Gasteiger partial charge in [0, 0.05) is 24.8 Å². The molecule has 2 heterocycles. The summed E-state index contributed by atoms with van der Waals surface area (Å²) >= 11 is 0. The average molecular weight is 498 g/mol. The first kappa shape index (κ1) is 23.3. The van der Waals surface area contributed by atoms with E-state index in [-0.39, 0.29) is 34.6 Å². The Morgan fingerprint density at radius 2 is 1.94 bits per heavy atom. The molecule has 2 saturated carbocycles. The number of phenols is 1. The monoisotopic (exact) mass is 497 g/mol. The standard InChI is InChI=1S/C28H31NO5.ClH/c30-21-9-8-20-16-23-28(33-17-19-4-2-1-3-5-19)12-10-22(31)26-27(28,24(20)25(21)34-26)13-15-29(23,32)14-11-18-6-7-18;/h1-5,8-9,18,23,26,30H,6-7,10-17H2;1H/t23-,26+,27+,28?,29+;/m1./s1. The predicted molar refractivity (Wildman–Crippen MR) is 132 cm³/mol. The van der Waals surface area contributed by atoms with Crippen LogP contribution in [0.4, 0.5) is 0 Å². The van der Waals surface area contributed by atoms with Crippen molar-refractivity contribution in [3.63, 3.8) is 0 Å². The predicted octanol–water partition coefficient (Wildman–Crippen LogP) is 4.57. The van der Waals surface area contributed by atoms with Crippen molar-refractivity contribution in [1.29, 1.82) is 0 Å². The minimum Gasteiger partial charge on any atom is -0.633 e. The first-order chi connectivity index (χ1) is 16.5. The van der Waals surface area contributed by atoms with Crippen LogP contribution in [0.25, 0.3) is 0 Å². The third-order valence-corrected chi connectivity index (χ3v) is 9.50. The zero-order chi connectivity index (χ0) is 23.1. The maximum absolute atomic E-state index is 14.6. The number of aromatic hydroxyl groups is 1. The number of likely N-dealkylation sites (tertiary alicyclic amines) is 1. The molecular weight excluding hydrogens is 466 g/mol. The number of nitrogens with zero attached hydrogens (tertiary/aromatic N) is 1. The van der Waals surface area contributed by atoms with Gasteiger partial charge in [0.2, 0.25) is 0 Å². The maximum atomic E-state index is 14.6. The molecule has 1 spiro atoms. The van der Waals surface area contributed by atoms with Gasteiger partial charge in [0.25, 0.3) is 0 Å². The third kappa shape index (κ3) is 3.10. The number of hydrogen-bond acceptors (Lipinski definition) is 5. The molecule has 2 aliphatic heterocycles. The van der Waals surface area contributed by atoms with Crippen LogP contribution in [0.3, 0.4) is 0 Å². The quantitative estimate of drug-likeness (QED) is 0.467. The molecule has 186 valence electrons. The van der Waals surface area contributed by atoms with Crippen molar-refractivity contribution in [2.24, 2.45) is 5.92 Å². The Kier molecular flexibility index (Phi) is 5.28. The molecule has 0 amide bonds. The summed E-state index contributed by atoms with van der Waals surface area (Å²) < 4.78 is 13.0. The van der Waals surface area contributed by atoms with Crippen LogP contribution in [-0.2, 0) is 28.0 Å². The molecule has 5 aliphatic rings. The minimum atomic E-state index is -0.795. The number of benzene rings is 2. The Labute approximate surface area is 211 Å². The molecule has 2 bridgehead atoms. The van der Waals surface area contributed by atoms with Gasteiger partial charge in [-0.25, -0.2) is 0 Å². The fraction of sp³-hybridized carbons (Fsp3) is 0.536. The second-order valence-electron chi connectivity index (χ2n) is 11.1. The summed E-state index contributed by atoms with van der Waals surface area (Å²) in [6.45, 7) is 1.48. The molecule has 6 nitrogen and oxygen atoms in total. The van der Waals surface area contributed by atoms with Gasteiger partial charge in [0.15, 0.2) is 23.4 Å². The molecule has 35 heavy (non-hydrogen) atoms. The highest BCUT2D eigenvalue weighted by Gasteiger charge is 2.77. The molecule has 2 aromatic carbocycles. The van der Waals surface area contributed by atoms with E-state index in [4.69, 9.17) is 9.47 Å². The summed E-state index contributed by atoms with van der Waals surface area (Å²) in [5, 5.41) is 25.3. The van der Waals surface area contributed by atoms with Crippen molar-refractivity contribution in [1.82, 2.24) is 0 Å². The molecule has 3 aliphatic carbocycles. The Balaban J connectivity index is 0.00000229. The summed E-state index contributed by atoms with van der Waals surface area (Å²) in [7, 11) is 0. The van der Waals surface area contributed by atoms with E-state index in [0.717, 1.165) is 23.1 Å². The van der Waals surface area contributed by atoms with E-state index in [9.17, 15) is 15.1 Å². The largest absolute Gasteiger partial charge is 0.633 e. The number of piperidine rings is 1. The Morgan fingerprint density at radius 1 is 1.14 bits per heavy atom. The molecule has 0 radical (unpaired) electrons. The fourth-order valence-corrected chi connectivity index (χ4v) is 7.71. The molecule has 1 saturated heterocycles. The van der Waals surface area contributed by atoms with Crippen LogP contribution in [0.15, 0.2) is 42.5 Å². The minimum absolute atomic E-state index is 0. The second kappa shape index (κ2) is 7.94. The number of ketones is 1. The fourth-order valence-electron chi connectivity index (χ4n) is 7.71. The SMILES string of the molecule is Cl.O=C1CCC2(OCc3ccccc3)[C@H]3Cc4ccc(O)c5c4[C@@]2(CC[N@@+]3([O-])CCC2CC2)[C@H]1O5. The number of halogens is 1. The summed E-state index contributed by atoms with van der Waals surface area (Å²) in [6.07, 6.45) is 4.76. The van der Waals surface area contributed by atoms with Crippen molar-refractivity contribution < 1.29 is 24.0 Å². The number of quaternary nitrogens is 1. The third-order valence-electron chi connectivity index (χ3n) is 9.50. The molecular formula is C28H32ClNO5. The lowest BCUT2D eigenvalue weighted by Crippen LogP contribution is -2.81. The molecule has 5 atom stereocenters. The van der Waals surface area contributed by atoms with Crippen LogP contribution in [-0.4, -0.2) is 46.4 Å². The smallest absolute Gasteiger partial charge is 0.174 e. The highest BCUT2D eigenvalue weighted by atomic mass is 35.5. The van der Waals surface area contributed by atoms with Gasteiger partial charge < -0.3 is 24.4 Å². The molecule has 7 rings (SSSR count). The number of carbonyl (C=O) groups excluding carboxylic acids is 1. The zero-order valence-corrected chi connectivity index (χ0v) is 20.6. The molecule has 1 N–H and O–H groups in total. The average Bonchev–Trinajstić information content (AvgIpc) is 3.61. The van der Waals surface area contributed by atoms with Crippen molar-refractivity contribution in [2.45, 2.75) is 74.7 Å². The topological polar surface area (TPSA) is 78.8 Å². The summed E-state index contributed by atoms with van der Waals surface area (Å²) in [5.41, 5.74) is 1.52. The Hall–Kier alpha value is -2.12. The number of hydrogen-bond donors (Lipinski definition) is 1. The van der Waals surface area contributed by atoms with E-state index in [0.29, 0.717) is 57.0 Å². The van der Waals surface area contributed by atoms with Crippen LogP contribution in [0.5, 0.6) is 11.5 Å². The van der Waals surface area contributed by atoms with Crippen molar-refractivity contribution in [2.75, 3.05) is 13.1 Å². The van der Waals surface area contributed by atoms with Crippen LogP contribution in [0, 0.1) is 11.1 Å². The summed E-state index contributed by atoms with van der Waals surface area (Å²) in [6, 6.07) is 13.4. The Morgan fingerprint density at radius 3 is 2.71 bits per heavy atom. The van der Waals surface area contributed by atoms with E-state index < -0.39 is 17.1 Å². The van der Waals surface area contributed by atoms with E-state index >= 15 is 0 Å². The number of hydroxylamine groups is 3. The second-order valence-corrected chi connectivity index (χ2v) is 11.1. The van der Waals surface area contributed by atoms with Crippen molar-refractivity contribution in [3.05, 3.63) is 64.4 Å². The molecule has 7 heteroatoms. The van der Waals surface area contributed by atoms with Crippen LogP contribution in [0.1, 0.15) is 55.2 Å². The number of rotatable bonds is 6. The number of carbonyl (C=O) groups is 1.